The Labute approximate surface area is 244 Å². The first-order valence-electron chi connectivity index (χ1n) is 12.8. The van der Waals surface area contributed by atoms with Crippen molar-refractivity contribution in [3.63, 3.8) is 0 Å². The van der Waals surface area contributed by atoms with Crippen LogP contribution in [-0.2, 0) is 30.6 Å². The number of rotatable bonds is 11. The number of aromatic nitrogens is 2. The van der Waals surface area contributed by atoms with Crippen LogP contribution in [0.1, 0.15) is 27.0 Å². The van der Waals surface area contributed by atoms with E-state index in [0.717, 1.165) is 21.5 Å². The third-order valence-electron chi connectivity index (χ3n) is 6.42. The number of alkyl halides is 2. The van der Waals surface area contributed by atoms with Crippen LogP contribution in [0.2, 0.25) is 0 Å². The van der Waals surface area contributed by atoms with Gasteiger partial charge in [0.2, 0.25) is 0 Å². The molecule has 1 fully saturated rings. The number of carbonyl (C=O) groups excluding carboxylic acids is 1. The molecule has 0 aliphatic carbocycles. The second-order valence-electron chi connectivity index (χ2n) is 9.95. The lowest BCUT2D eigenvalue weighted by atomic mass is 9.96. The molecule has 42 heavy (non-hydrogen) atoms. The topological polar surface area (TPSA) is 167 Å². The summed E-state index contributed by atoms with van der Waals surface area (Å²) in [5.41, 5.74) is 1.63. The Kier molecular flexibility index (Phi) is 9.62. The van der Waals surface area contributed by atoms with Crippen LogP contribution in [0.4, 0.5) is 14.6 Å². The molecule has 0 radical (unpaired) electrons. The maximum atomic E-state index is 14.6. The number of benzene rings is 2. The van der Waals surface area contributed by atoms with E-state index >= 15 is 0 Å². The fourth-order valence-corrected chi connectivity index (χ4v) is 6.69. The number of carbonyl (C=O) groups is 1. The van der Waals surface area contributed by atoms with Crippen LogP contribution >= 0.6 is 6.64 Å². The average Bonchev–Trinajstić information content (AvgIpc) is 3.17. The van der Waals surface area contributed by atoms with Crippen molar-refractivity contribution < 1.29 is 42.3 Å². The fraction of sp³-hybridized carbons (Fsp3) is 0.423. The van der Waals surface area contributed by atoms with E-state index in [4.69, 9.17) is 36.1 Å². The summed E-state index contributed by atoms with van der Waals surface area (Å²) in [6, 6.07) is 12.5. The second kappa shape index (κ2) is 12.7. The quantitative estimate of drug-likeness (QED) is 0.181. The molecule has 0 amide bonds. The van der Waals surface area contributed by atoms with Crippen LogP contribution in [0.5, 0.6) is 5.75 Å². The number of hydrogen-bond donors (Lipinski definition) is 4. The highest BCUT2D eigenvalue weighted by atomic mass is 32.5. The normalized spacial score (nSPS) is 24.5. The Morgan fingerprint density at radius 2 is 1.90 bits per heavy atom. The lowest BCUT2D eigenvalue weighted by molar-refractivity contribution is -0.192. The summed E-state index contributed by atoms with van der Waals surface area (Å²) in [7, 11) is 0. The number of hydrogen-bond acceptors (Lipinski definition) is 11. The minimum Gasteiger partial charge on any atom is -0.462 e. The third kappa shape index (κ3) is 6.78. The summed E-state index contributed by atoms with van der Waals surface area (Å²) in [4.78, 5) is 28.4. The van der Waals surface area contributed by atoms with Gasteiger partial charge in [0.05, 0.1) is 12.7 Å². The molecule has 6 atom stereocenters. The first-order chi connectivity index (χ1) is 19.7. The van der Waals surface area contributed by atoms with Crippen molar-refractivity contribution >= 4 is 41.0 Å². The highest BCUT2D eigenvalue weighted by Gasteiger charge is 2.61. The molecule has 1 aromatic heterocycles. The molecule has 0 saturated carbocycles. The van der Waals surface area contributed by atoms with Gasteiger partial charge in [0.25, 0.3) is 6.43 Å². The Morgan fingerprint density at radius 1 is 1.21 bits per heavy atom. The Morgan fingerprint density at radius 3 is 2.55 bits per heavy atom. The van der Waals surface area contributed by atoms with Crippen LogP contribution in [0.25, 0.3) is 10.8 Å². The van der Waals surface area contributed by atoms with Gasteiger partial charge in [-0.1, -0.05) is 30.3 Å². The molecule has 1 unspecified atom stereocenters. The van der Waals surface area contributed by atoms with Crippen LogP contribution < -0.4 is 21.0 Å². The maximum Gasteiger partial charge on any atom is 0.351 e. The van der Waals surface area contributed by atoms with Crippen LogP contribution in [0.3, 0.4) is 0 Å². The molecule has 5 N–H and O–H groups in total. The van der Waals surface area contributed by atoms with Gasteiger partial charge >= 0.3 is 18.3 Å². The molecule has 1 aliphatic rings. The fourth-order valence-electron chi connectivity index (χ4n) is 4.28. The van der Waals surface area contributed by atoms with E-state index in [0.29, 0.717) is 0 Å². The maximum absolute atomic E-state index is 14.6. The molecule has 1 aliphatic heterocycles. The molecule has 2 aromatic carbocycles. The van der Waals surface area contributed by atoms with E-state index in [1.807, 2.05) is 24.3 Å². The lowest BCUT2D eigenvalue weighted by Crippen LogP contribution is -2.53. The molecule has 0 bridgehead atoms. The van der Waals surface area contributed by atoms with Crippen molar-refractivity contribution in [2.45, 2.75) is 63.4 Å². The summed E-state index contributed by atoms with van der Waals surface area (Å²) >= 11 is 5.64. The van der Waals surface area contributed by atoms with Crippen molar-refractivity contribution in [2.24, 2.45) is 0 Å². The average molecular weight is 629 g/mol. The number of nitrogens with two attached hydrogens (primary N) is 1. The highest BCUT2D eigenvalue weighted by molar-refractivity contribution is 8.09. The predicted octanol–water partition coefficient (Wildman–Crippen LogP) is 2.48. The van der Waals surface area contributed by atoms with E-state index in [9.17, 15) is 28.6 Å². The Bertz CT molecular complexity index is 1550. The van der Waals surface area contributed by atoms with Gasteiger partial charge in [0, 0.05) is 6.20 Å². The summed E-state index contributed by atoms with van der Waals surface area (Å²) < 4.78 is 52.4. The van der Waals surface area contributed by atoms with Gasteiger partial charge < -0.3 is 34.5 Å². The Hall–Kier alpha value is -3.04. The molecule has 16 heteroatoms. The smallest absolute Gasteiger partial charge is 0.351 e. The van der Waals surface area contributed by atoms with Crippen LogP contribution in [0.15, 0.2) is 59.5 Å². The summed E-state index contributed by atoms with van der Waals surface area (Å²) in [5.74, 6) is -0.628. The second-order valence-corrected chi connectivity index (χ2v) is 13.1. The van der Waals surface area contributed by atoms with Gasteiger partial charge in [-0.3, -0.25) is 9.36 Å². The number of fused-ring (bicyclic) bond motifs is 1. The summed E-state index contributed by atoms with van der Waals surface area (Å²) in [6.07, 6.45) is -8.78. The number of esters is 1. The first kappa shape index (κ1) is 31.9. The molecule has 2 heterocycles. The van der Waals surface area contributed by atoms with Gasteiger partial charge in [0.1, 0.15) is 29.8 Å². The third-order valence-corrected chi connectivity index (χ3v) is 8.90. The number of ether oxygens (including phenoxy) is 2. The molecule has 0 spiro atoms. The number of aliphatic hydroxyl groups is 2. The number of nitrogens with one attached hydrogen (secondary N) is 1. The van der Waals surface area contributed by atoms with Crippen molar-refractivity contribution in [3.05, 3.63) is 65.2 Å². The molecule has 4 rings (SSSR count). The number of nitrogen functional groups attached to an aromatic ring is 1. The first-order valence-corrected chi connectivity index (χ1v) is 15.5. The molecular weight excluding hydrogens is 597 g/mol. The van der Waals surface area contributed by atoms with Crippen molar-refractivity contribution in [1.29, 1.82) is 0 Å². The Balaban J connectivity index is 1.65. The predicted molar refractivity (Wildman–Crippen MR) is 152 cm³/mol. The van der Waals surface area contributed by atoms with Crippen LogP contribution in [-0.4, -0.2) is 68.7 Å². The molecular formula is C26H31F2N4O8PS. The van der Waals surface area contributed by atoms with Crippen LogP contribution in [0, 0.1) is 0 Å². The summed E-state index contributed by atoms with van der Waals surface area (Å²) in [6.45, 7) is -0.245. The van der Waals surface area contributed by atoms with Crippen molar-refractivity contribution in [3.8, 4) is 5.75 Å². The van der Waals surface area contributed by atoms with E-state index in [1.165, 1.54) is 13.0 Å². The summed E-state index contributed by atoms with van der Waals surface area (Å²) in [5, 5.41) is 25.9. The molecule has 12 nitrogen and oxygen atoms in total. The van der Waals surface area contributed by atoms with E-state index in [2.05, 4.69) is 10.1 Å². The van der Waals surface area contributed by atoms with E-state index in [1.54, 1.807) is 32.0 Å². The minimum absolute atomic E-state index is 0.143. The highest BCUT2D eigenvalue weighted by Crippen LogP contribution is 2.49. The number of aliphatic hydroxyl groups excluding tert-OH is 2. The molecule has 3 aromatic rings. The van der Waals surface area contributed by atoms with Crippen molar-refractivity contribution in [2.75, 3.05) is 12.3 Å². The number of nitrogens with zero attached hydrogens (tertiary/aromatic N) is 2. The number of anilines is 1. The van der Waals surface area contributed by atoms with E-state index < -0.39 is 67.5 Å². The van der Waals surface area contributed by atoms with E-state index in [-0.39, 0.29) is 11.6 Å². The zero-order chi connectivity index (χ0) is 30.8. The SMILES string of the molecule is CC(C)OC(=O)[C@H](C)NP(=S)(OC[C@@]1(C(F)F)O[C@@H](n2ccc(N)nc2=O)[C@H](O)[C@@H]1O)Oc1ccc2ccccc2c1. The van der Waals surface area contributed by atoms with Gasteiger partial charge in [-0.15, -0.1) is 0 Å². The minimum atomic E-state index is -3.88. The van der Waals surface area contributed by atoms with Gasteiger partial charge in [0.15, 0.2) is 11.8 Å². The number of halogens is 2. The molecule has 228 valence electrons. The zero-order valence-electron chi connectivity index (χ0n) is 22.8. The largest absolute Gasteiger partial charge is 0.462 e. The van der Waals surface area contributed by atoms with Gasteiger partial charge in [-0.25, -0.2) is 18.7 Å². The lowest BCUT2D eigenvalue weighted by Gasteiger charge is -2.34. The van der Waals surface area contributed by atoms with Gasteiger partial charge in [-0.05, 0) is 61.5 Å². The molecule has 1 saturated heterocycles. The monoisotopic (exact) mass is 628 g/mol. The standard InChI is InChI=1S/C26H31F2N4O8PS/c1-14(2)38-23(35)15(3)31-41(42,40-18-9-8-16-6-4-5-7-17(16)12-18)37-13-26(24(27)28)21(34)20(33)22(39-26)32-11-10-19(29)30-25(32)36/h4-12,14-15,20-22,24,33-34H,13H2,1-3H3,(H,31,42)(H2,29,30,36)/t15-,20+,21-,22+,26+,41?/m0/s1. The zero-order valence-corrected chi connectivity index (χ0v) is 24.5. The van der Waals surface area contributed by atoms with Gasteiger partial charge in [-0.2, -0.15) is 4.98 Å². The van der Waals surface area contributed by atoms with Crippen molar-refractivity contribution in [1.82, 2.24) is 14.6 Å².